The summed E-state index contributed by atoms with van der Waals surface area (Å²) in [5.74, 6) is -1.40. The lowest BCUT2D eigenvalue weighted by Crippen LogP contribution is -2.33. The van der Waals surface area contributed by atoms with Crippen molar-refractivity contribution in [3.05, 3.63) is 131 Å². The molecule has 7 heteroatoms. The van der Waals surface area contributed by atoms with Crippen LogP contribution in [0.25, 0.3) is 0 Å². The Balaban J connectivity index is 1.40. The Bertz CT molecular complexity index is 1300. The Morgan fingerprint density at radius 1 is 0.743 bits per heavy atom. The Morgan fingerprint density at radius 3 is 2.00 bits per heavy atom. The minimum atomic E-state index is -0.578. The van der Waals surface area contributed by atoms with E-state index in [1.807, 2.05) is 30.3 Å². The van der Waals surface area contributed by atoms with Crippen LogP contribution < -0.4 is 16.0 Å². The number of amides is 1. The smallest absolute Gasteiger partial charge is 0.258 e. The van der Waals surface area contributed by atoms with Crippen LogP contribution in [0, 0.1) is 11.6 Å². The molecule has 0 spiro atoms. The van der Waals surface area contributed by atoms with Crippen molar-refractivity contribution in [2.45, 2.75) is 12.5 Å². The van der Waals surface area contributed by atoms with Crippen molar-refractivity contribution in [2.75, 3.05) is 10.6 Å². The second-order valence-corrected chi connectivity index (χ2v) is 8.31. The van der Waals surface area contributed by atoms with E-state index in [-0.39, 0.29) is 17.4 Å². The van der Waals surface area contributed by atoms with Crippen LogP contribution in [0.4, 0.5) is 20.2 Å². The number of rotatable bonds is 7. The maximum Gasteiger partial charge on any atom is 0.258 e. The topological polar surface area (TPSA) is 53.2 Å². The van der Waals surface area contributed by atoms with E-state index in [1.54, 1.807) is 42.5 Å². The molecule has 3 N–H and O–H groups in total. The molecule has 0 aliphatic heterocycles. The molecule has 0 heterocycles. The molecule has 0 bridgehead atoms. The summed E-state index contributed by atoms with van der Waals surface area (Å²) in [5, 5.41) is 9.53. The normalized spacial score (nSPS) is 11.4. The van der Waals surface area contributed by atoms with Crippen LogP contribution in [-0.2, 0) is 6.42 Å². The molecule has 4 aromatic carbocycles. The maximum absolute atomic E-state index is 13.8. The highest BCUT2D eigenvalue weighted by Crippen LogP contribution is 2.20. The minimum absolute atomic E-state index is 0.0228. The van der Waals surface area contributed by atoms with E-state index in [0.717, 1.165) is 11.1 Å². The molecule has 4 aromatic rings. The Kier molecular flexibility index (Phi) is 7.80. The average molecular weight is 488 g/mol. The van der Waals surface area contributed by atoms with Gasteiger partial charge in [0.05, 0.1) is 11.6 Å². The van der Waals surface area contributed by atoms with Crippen molar-refractivity contribution in [1.29, 1.82) is 0 Å². The van der Waals surface area contributed by atoms with E-state index in [1.165, 1.54) is 30.3 Å². The predicted octanol–water partition coefficient (Wildman–Crippen LogP) is 6.49. The molecule has 0 fully saturated rings. The van der Waals surface area contributed by atoms with Gasteiger partial charge in [-0.3, -0.25) is 4.79 Å². The summed E-state index contributed by atoms with van der Waals surface area (Å²) in [6, 6.07) is 28.9. The molecule has 0 saturated carbocycles. The molecule has 1 amide bonds. The average Bonchev–Trinajstić information content (AvgIpc) is 2.86. The first kappa shape index (κ1) is 24.0. The van der Waals surface area contributed by atoms with Gasteiger partial charge in [0.2, 0.25) is 0 Å². The van der Waals surface area contributed by atoms with Crippen LogP contribution in [-0.4, -0.2) is 11.0 Å². The van der Waals surface area contributed by atoms with Crippen LogP contribution in [0.3, 0.4) is 0 Å². The number of anilines is 2. The standard InChI is InChI=1S/C28H23F2N3OS/c29-21-12-10-20(11-13-21)26(18-19-6-2-1-3-7-19)33-28(35)32-23-16-14-22(15-17-23)31-27(34)24-8-4-5-9-25(24)30/h1-17,26H,18H2,(H,31,34)(H2,32,33,35). The highest BCUT2D eigenvalue weighted by Gasteiger charge is 2.15. The third-order valence-electron chi connectivity index (χ3n) is 5.38. The van der Waals surface area contributed by atoms with E-state index in [2.05, 4.69) is 16.0 Å². The number of halogens is 2. The van der Waals surface area contributed by atoms with Gasteiger partial charge in [-0.25, -0.2) is 8.78 Å². The van der Waals surface area contributed by atoms with Gasteiger partial charge in [-0.1, -0.05) is 54.6 Å². The van der Waals surface area contributed by atoms with E-state index in [9.17, 15) is 13.6 Å². The van der Waals surface area contributed by atoms with Gasteiger partial charge < -0.3 is 16.0 Å². The molecule has 0 radical (unpaired) electrons. The van der Waals surface area contributed by atoms with E-state index < -0.39 is 11.7 Å². The van der Waals surface area contributed by atoms with Crippen LogP contribution in [0.1, 0.15) is 27.5 Å². The molecular formula is C28H23F2N3OS. The van der Waals surface area contributed by atoms with Crippen molar-refractivity contribution in [3.63, 3.8) is 0 Å². The fourth-order valence-corrected chi connectivity index (χ4v) is 3.86. The maximum atomic E-state index is 13.8. The van der Waals surface area contributed by atoms with E-state index >= 15 is 0 Å². The van der Waals surface area contributed by atoms with Crippen molar-refractivity contribution in [1.82, 2.24) is 5.32 Å². The zero-order valence-corrected chi connectivity index (χ0v) is 19.5. The molecule has 0 aliphatic carbocycles. The van der Waals surface area contributed by atoms with Crippen LogP contribution in [0.2, 0.25) is 0 Å². The fraction of sp³-hybridized carbons (Fsp3) is 0.0714. The van der Waals surface area contributed by atoms with Crippen molar-refractivity contribution in [2.24, 2.45) is 0 Å². The van der Waals surface area contributed by atoms with Gasteiger partial charge in [0.15, 0.2) is 5.11 Å². The molecule has 1 unspecified atom stereocenters. The van der Waals surface area contributed by atoms with E-state index in [0.29, 0.717) is 22.9 Å². The predicted molar refractivity (Wildman–Crippen MR) is 139 cm³/mol. The lowest BCUT2D eigenvalue weighted by molar-refractivity contribution is 0.102. The molecule has 0 saturated heterocycles. The third kappa shape index (κ3) is 6.71. The molecule has 176 valence electrons. The molecular weight excluding hydrogens is 464 g/mol. The Labute approximate surface area is 208 Å². The van der Waals surface area contributed by atoms with Crippen molar-refractivity contribution >= 4 is 34.6 Å². The largest absolute Gasteiger partial charge is 0.355 e. The van der Waals surface area contributed by atoms with Gasteiger partial charge in [-0.2, -0.15) is 0 Å². The first-order valence-corrected chi connectivity index (χ1v) is 11.4. The zero-order chi connectivity index (χ0) is 24.6. The van der Waals surface area contributed by atoms with Gasteiger partial charge in [0, 0.05) is 11.4 Å². The molecule has 4 nitrogen and oxygen atoms in total. The highest BCUT2D eigenvalue weighted by molar-refractivity contribution is 7.80. The second kappa shape index (κ2) is 11.4. The van der Waals surface area contributed by atoms with E-state index in [4.69, 9.17) is 12.2 Å². The first-order valence-electron chi connectivity index (χ1n) is 11.0. The molecule has 4 rings (SSSR count). The number of carbonyl (C=O) groups excluding carboxylic acids is 1. The van der Waals surface area contributed by atoms with Crippen LogP contribution in [0.5, 0.6) is 0 Å². The highest BCUT2D eigenvalue weighted by atomic mass is 32.1. The summed E-state index contributed by atoms with van der Waals surface area (Å²) < 4.78 is 27.3. The summed E-state index contributed by atoms with van der Waals surface area (Å²) in [7, 11) is 0. The summed E-state index contributed by atoms with van der Waals surface area (Å²) in [4.78, 5) is 12.3. The molecule has 0 aliphatic rings. The SMILES string of the molecule is O=C(Nc1ccc(NC(=S)NC(Cc2ccccc2)c2ccc(F)cc2)cc1)c1ccccc1F. The van der Waals surface area contributed by atoms with Gasteiger partial charge in [-0.15, -0.1) is 0 Å². The van der Waals surface area contributed by atoms with Crippen molar-refractivity contribution in [3.8, 4) is 0 Å². The third-order valence-corrected chi connectivity index (χ3v) is 5.60. The fourth-order valence-electron chi connectivity index (χ4n) is 3.60. The summed E-state index contributed by atoms with van der Waals surface area (Å²) in [6.45, 7) is 0. The second-order valence-electron chi connectivity index (χ2n) is 7.90. The zero-order valence-electron chi connectivity index (χ0n) is 18.7. The molecule has 0 aromatic heterocycles. The van der Waals surface area contributed by atoms with Crippen molar-refractivity contribution < 1.29 is 13.6 Å². The Hall–Kier alpha value is -4.10. The minimum Gasteiger partial charge on any atom is -0.355 e. The first-order chi connectivity index (χ1) is 17.0. The van der Waals surface area contributed by atoms with Gasteiger partial charge >= 0.3 is 0 Å². The number of hydrogen-bond donors (Lipinski definition) is 3. The number of benzene rings is 4. The van der Waals surface area contributed by atoms with Gasteiger partial charge in [0.25, 0.3) is 5.91 Å². The molecule has 1 atom stereocenters. The number of carbonyl (C=O) groups is 1. The summed E-state index contributed by atoms with van der Waals surface area (Å²) in [6.07, 6.45) is 0.662. The monoisotopic (exact) mass is 487 g/mol. The lowest BCUT2D eigenvalue weighted by Gasteiger charge is -2.22. The molecule has 35 heavy (non-hydrogen) atoms. The Morgan fingerprint density at radius 2 is 1.34 bits per heavy atom. The number of thiocarbonyl (C=S) groups is 1. The lowest BCUT2D eigenvalue weighted by atomic mass is 9.99. The van der Waals surface area contributed by atoms with Gasteiger partial charge in [-0.05, 0) is 78.3 Å². The van der Waals surface area contributed by atoms with Crippen LogP contribution >= 0.6 is 12.2 Å². The number of nitrogens with one attached hydrogen (secondary N) is 3. The summed E-state index contributed by atoms with van der Waals surface area (Å²) >= 11 is 5.53. The number of hydrogen-bond acceptors (Lipinski definition) is 2. The quantitative estimate of drug-likeness (QED) is 0.261. The summed E-state index contributed by atoms with van der Waals surface area (Å²) in [5.41, 5.74) is 3.24. The van der Waals surface area contributed by atoms with Crippen LogP contribution in [0.15, 0.2) is 103 Å². The van der Waals surface area contributed by atoms with Gasteiger partial charge in [0.1, 0.15) is 11.6 Å².